The third-order valence-electron chi connectivity index (χ3n) is 6.12. The van der Waals surface area contributed by atoms with Crippen LogP contribution in [0, 0.1) is 0 Å². The third-order valence-corrected chi connectivity index (χ3v) is 6.12. The van der Waals surface area contributed by atoms with Crippen LogP contribution >= 0.6 is 0 Å². The quantitative estimate of drug-likeness (QED) is 0.237. The van der Waals surface area contributed by atoms with E-state index in [2.05, 4.69) is 0 Å². The number of aromatic hydroxyl groups is 1. The Hall–Kier alpha value is -2.06. The van der Waals surface area contributed by atoms with E-state index in [4.69, 9.17) is 22.3 Å². The predicted octanol–water partition coefficient (Wildman–Crippen LogP) is -1.52. The number of likely N-dealkylation sites (N-methyl/N-ethyl adjacent to an activating group) is 1. The van der Waals surface area contributed by atoms with Gasteiger partial charge in [-0.25, -0.2) is 0 Å². The summed E-state index contributed by atoms with van der Waals surface area (Å²) in [5.74, 6) is -0.0101. The van der Waals surface area contributed by atoms with Gasteiger partial charge in [0.15, 0.2) is 17.3 Å². The standard InChI is InChI=1S/C17H17NO5.H2O4S.H2O/c1-18-7-6-16-11-8-2-3-9(19)13(11)23-15(16)10(20)4-5-17(16,22)14(18)12(8)21;1-5(2,3)4;/h2-5,10,14-15,19-20,22H,6-7H2,1H3;(H2,1,2,3,4);1H2/t10-,14+,15-,16-,17+;;/m0../s1. The maximum absolute atomic E-state index is 13.0. The Bertz CT molecular complexity index is 1000. The number of aliphatic hydroxyl groups is 2. The number of ketones is 1. The zero-order chi connectivity index (χ0) is 20.6. The van der Waals surface area contributed by atoms with Gasteiger partial charge in [0, 0.05) is 11.1 Å². The van der Waals surface area contributed by atoms with Gasteiger partial charge in [-0.15, -0.1) is 0 Å². The fourth-order valence-corrected chi connectivity index (χ4v) is 5.16. The number of ether oxygens (including phenoxy) is 1. The Morgan fingerprint density at radius 2 is 1.90 bits per heavy atom. The van der Waals surface area contributed by atoms with Crippen molar-refractivity contribution in [3.63, 3.8) is 0 Å². The average molecular weight is 431 g/mol. The highest BCUT2D eigenvalue weighted by Gasteiger charge is 2.73. The number of aliphatic hydroxyl groups excluding tert-OH is 1. The lowest BCUT2D eigenvalue weighted by Gasteiger charge is -2.60. The van der Waals surface area contributed by atoms with Crippen molar-refractivity contribution in [1.82, 2.24) is 4.90 Å². The highest BCUT2D eigenvalue weighted by Crippen LogP contribution is 2.63. The first-order valence-corrected chi connectivity index (χ1v) is 9.89. The topological polar surface area (TPSA) is 196 Å². The van der Waals surface area contributed by atoms with Gasteiger partial charge in [-0.2, -0.15) is 8.42 Å². The van der Waals surface area contributed by atoms with E-state index in [-0.39, 0.29) is 22.8 Å². The minimum atomic E-state index is -4.67. The van der Waals surface area contributed by atoms with Gasteiger partial charge in [0.25, 0.3) is 0 Å². The van der Waals surface area contributed by atoms with Crippen LogP contribution in [0.2, 0.25) is 0 Å². The minimum Gasteiger partial charge on any atom is -0.504 e. The molecule has 5 atom stereocenters. The number of likely N-dealkylation sites (tertiary alicyclic amines) is 1. The highest BCUT2D eigenvalue weighted by molar-refractivity contribution is 7.79. The summed E-state index contributed by atoms with van der Waals surface area (Å²) in [4.78, 5) is 14.9. The molecule has 2 aliphatic heterocycles. The van der Waals surface area contributed by atoms with E-state index in [0.717, 1.165) is 0 Å². The van der Waals surface area contributed by atoms with Gasteiger partial charge in [-0.3, -0.25) is 18.8 Å². The second kappa shape index (κ2) is 6.47. The molecule has 4 aliphatic rings. The van der Waals surface area contributed by atoms with E-state index < -0.39 is 39.7 Å². The lowest BCUT2D eigenvalue weighted by Crippen LogP contribution is -2.76. The first-order valence-electron chi connectivity index (χ1n) is 8.49. The summed E-state index contributed by atoms with van der Waals surface area (Å²) in [6.45, 7) is 0.605. The Labute approximate surface area is 165 Å². The van der Waals surface area contributed by atoms with E-state index in [9.17, 15) is 20.1 Å². The van der Waals surface area contributed by atoms with Crippen molar-refractivity contribution in [2.75, 3.05) is 13.6 Å². The zero-order valence-corrected chi connectivity index (χ0v) is 16.0. The van der Waals surface area contributed by atoms with Crippen LogP contribution in [0.25, 0.3) is 0 Å². The summed E-state index contributed by atoms with van der Waals surface area (Å²) in [5.41, 5.74) is -1.32. The SMILES string of the molecule is CN1CC[C@]23c4c5ccc(O)c4O[C@H]2[C@@H](O)C=C[C@@]3(O)[C@H]1C5=O.O.O=S(=O)(O)O. The summed E-state index contributed by atoms with van der Waals surface area (Å²) >= 11 is 0. The van der Waals surface area contributed by atoms with Crippen molar-refractivity contribution in [3.8, 4) is 11.5 Å². The number of Topliss-reactive ketones (excluding diaryl/α,β-unsaturated/α-hetero) is 1. The molecule has 1 aromatic rings. The van der Waals surface area contributed by atoms with Crippen molar-refractivity contribution in [2.24, 2.45) is 0 Å². The van der Waals surface area contributed by atoms with Crippen LogP contribution < -0.4 is 4.74 Å². The monoisotopic (exact) mass is 431 g/mol. The second-order valence-corrected chi connectivity index (χ2v) is 8.36. The van der Waals surface area contributed by atoms with Gasteiger partial charge in [-0.05, 0) is 32.1 Å². The summed E-state index contributed by atoms with van der Waals surface area (Å²) in [6.07, 6.45) is 1.99. The molecule has 0 unspecified atom stereocenters. The second-order valence-electron chi connectivity index (χ2n) is 7.47. The maximum atomic E-state index is 13.0. The molecule has 1 fully saturated rings. The van der Waals surface area contributed by atoms with Crippen LogP contribution in [0.5, 0.6) is 11.5 Å². The molecule has 0 saturated carbocycles. The number of carbonyl (C=O) groups is 1. The molecule has 0 amide bonds. The fraction of sp³-hybridized carbons (Fsp3) is 0.471. The lowest BCUT2D eigenvalue weighted by atomic mass is 9.50. The van der Waals surface area contributed by atoms with Gasteiger partial charge in [0.2, 0.25) is 0 Å². The van der Waals surface area contributed by atoms with E-state index >= 15 is 0 Å². The van der Waals surface area contributed by atoms with Gasteiger partial charge in [0.05, 0.1) is 5.41 Å². The van der Waals surface area contributed by atoms with Crippen molar-refractivity contribution in [2.45, 2.75) is 35.7 Å². The molecule has 12 heteroatoms. The number of hydrogen-bond donors (Lipinski definition) is 5. The first-order chi connectivity index (χ1) is 12.9. The molecule has 1 saturated heterocycles. The molecule has 0 aromatic heterocycles. The van der Waals surface area contributed by atoms with Crippen LogP contribution in [-0.2, 0) is 15.8 Å². The Morgan fingerprint density at radius 1 is 1.28 bits per heavy atom. The van der Waals surface area contributed by atoms with Crippen LogP contribution in [0.15, 0.2) is 24.3 Å². The molecular formula is C17H21NO10S. The van der Waals surface area contributed by atoms with Crippen LogP contribution in [0.4, 0.5) is 0 Å². The number of phenolic OH excluding ortho intramolecular Hbond substituents is 1. The van der Waals surface area contributed by atoms with Gasteiger partial charge >= 0.3 is 10.4 Å². The Kier molecular flexibility index (Phi) is 4.83. The normalized spacial score (nSPS) is 36.3. The third kappa shape index (κ3) is 2.72. The summed E-state index contributed by atoms with van der Waals surface area (Å²) in [7, 11) is -2.84. The zero-order valence-electron chi connectivity index (χ0n) is 15.2. The molecule has 11 nitrogen and oxygen atoms in total. The van der Waals surface area contributed by atoms with E-state index in [1.54, 1.807) is 12.1 Å². The molecule has 7 N–H and O–H groups in total. The number of phenols is 1. The average Bonchev–Trinajstić information content (AvgIpc) is 2.92. The number of carbonyl (C=O) groups excluding carboxylic acids is 1. The van der Waals surface area contributed by atoms with Crippen LogP contribution in [0.1, 0.15) is 22.3 Å². The number of piperidine rings is 1. The molecule has 5 rings (SSSR count). The molecule has 29 heavy (non-hydrogen) atoms. The lowest BCUT2D eigenvalue weighted by molar-refractivity contribution is -0.138. The highest BCUT2D eigenvalue weighted by atomic mass is 32.3. The predicted molar refractivity (Wildman–Crippen MR) is 97.5 cm³/mol. The maximum Gasteiger partial charge on any atom is 0.394 e. The van der Waals surface area contributed by atoms with Gasteiger partial charge in [-0.1, -0.05) is 12.2 Å². The van der Waals surface area contributed by atoms with E-state index in [0.29, 0.717) is 24.1 Å². The van der Waals surface area contributed by atoms with Crippen molar-refractivity contribution >= 4 is 16.2 Å². The van der Waals surface area contributed by atoms with Gasteiger partial charge < -0.3 is 25.5 Å². The van der Waals surface area contributed by atoms with E-state index in [1.165, 1.54) is 12.1 Å². The van der Waals surface area contributed by atoms with E-state index in [1.807, 2.05) is 11.9 Å². The molecule has 160 valence electrons. The largest absolute Gasteiger partial charge is 0.504 e. The fourth-order valence-electron chi connectivity index (χ4n) is 5.16. The molecular weight excluding hydrogens is 410 g/mol. The number of nitrogens with zero attached hydrogens (tertiary/aromatic N) is 1. The molecule has 0 radical (unpaired) electrons. The summed E-state index contributed by atoms with van der Waals surface area (Å²) in [5, 5.41) is 32.1. The van der Waals surface area contributed by atoms with Crippen molar-refractivity contribution in [3.05, 3.63) is 35.4 Å². The molecule has 1 spiro atoms. The molecule has 1 aromatic carbocycles. The summed E-state index contributed by atoms with van der Waals surface area (Å²) in [6, 6.07) is 2.33. The first kappa shape index (κ1) is 21.6. The van der Waals surface area contributed by atoms with Crippen molar-refractivity contribution < 1.29 is 47.9 Å². The number of hydrogen-bond acceptors (Lipinski definition) is 8. The summed E-state index contributed by atoms with van der Waals surface area (Å²) < 4.78 is 37.5. The Balaban J connectivity index is 0.000000362. The molecule has 2 heterocycles. The van der Waals surface area contributed by atoms with Crippen LogP contribution in [0.3, 0.4) is 0 Å². The molecule has 2 aliphatic carbocycles. The minimum absolute atomic E-state index is 0. The Morgan fingerprint density at radius 3 is 2.52 bits per heavy atom. The number of benzene rings is 1. The smallest absolute Gasteiger partial charge is 0.394 e. The number of rotatable bonds is 0. The molecule has 2 bridgehead atoms. The van der Waals surface area contributed by atoms with Crippen LogP contribution in [-0.4, -0.2) is 86.4 Å². The van der Waals surface area contributed by atoms with Crippen molar-refractivity contribution in [1.29, 1.82) is 0 Å². The van der Waals surface area contributed by atoms with Gasteiger partial charge in [0.1, 0.15) is 23.9 Å².